The maximum atomic E-state index is 13.9. The maximum Gasteiger partial charge on any atom is 0.264 e. The fourth-order valence-corrected chi connectivity index (χ4v) is 6.21. The Morgan fingerprint density at radius 3 is 2.35 bits per heavy atom. The number of carbonyl (C=O) groups is 1. The molecule has 0 aliphatic heterocycles. The zero-order valence-corrected chi connectivity index (χ0v) is 26.1. The maximum absolute atomic E-state index is 13.9. The van der Waals surface area contributed by atoms with Crippen molar-refractivity contribution in [2.24, 2.45) is 5.10 Å². The topological polar surface area (TPSA) is 111 Å². The normalized spacial score (nSPS) is 11.4. The van der Waals surface area contributed by atoms with Gasteiger partial charge in [-0.15, -0.1) is 0 Å². The van der Waals surface area contributed by atoms with Gasteiger partial charge in [0.25, 0.3) is 15.9 Å². The second-order valence-corrected chi connectivity index (χ2v) is 11.6. The smallest absolute Gasteiger partial charge is 0.264 e. The van der Waals surface area contributed by atoms with Crippen molar-refractivity contribution in [2.45, 2.75) is 25.7 Å². The number of aryl methyl sites for hydroxylation is 1. The summed E-state index contributed by atoms with van der Waals surface area (Å²) < 4.78 is 46.7. The lowest BCUT2D eigenvalue weighted by Crippen LogP contribution is -2.39. The second kappa shape index (κ2) is 13.7. The summed E-state index contributed by atoms with van der Waals surface area (Å²) in [5.74, 6) is 0.529. The second-order valence-electron chi connectivity index (χ2n) is 9.36. The van der Waals surface area contributed by atoms with Gasteiger partial charge in [-0.2, -0.15) is 5.10 Å². The number of sulfonamides is 1. The van der Waals surface area contributed by atoms with Crippen LogP contribution in [0.4, 0.5) is 5.69 Å². The molecule has 0 atom stereocenters. The Balaban J connectivity index is 1.60. The number of amides is 1. The summed E-state index contributed by atoms with van der Waals surface area (Å²) in [6.45, 7) is 5.62. The summed E-state index contributed by atoms with van der Waals surface area (Å²) in [6.07, 6.45) is 1.51. The third-order valence-electron chi connectivity index (χ3n) is 6.62. The standard InChI is InChI=1S/C31H33ClN4O6S/c1-6-42-25-13-11-24(12-14-25)35(43(38,39)26-15-16-29(40-4)30(18-26)41-5)20-31(37)34-33-19-23-17-21(2)36(22(23)3)28-10-8-7-9-27(28)32/h7-19H,6,20H2,1-5H3,(H,34,37)/b33-19-. The largest absolute Gasteiger partial charge is 0.494 e. The van der Waals surface area contributed by atoms with E-state index in [-0.39, 0.29) is 16.3 Å². The van der Waals surface area contributed by atoms with Crippen molar-refractivity contribution in [3.05, 3.63) is 94.8 Å². The molecule has 0 radical (unpaired) electrons. The number of anilines is 1. The Hall–Kier alpha value is -4.48. The molecule has 43 heavy (non-hydrogen) atoms. The highest BCUT2D eigenvalue weighted by Gasteiger charge is 2.28. The van der Waals surface area contributed by atoms with Gasteiger partial charge < -0.3 is 18.8 Å². The van der Waals surface area contributed by atoms with Gasteiger partial charge in [-0.1, -0.05) is 23.7 Å². The highest BCUT2D eigenvalue weighted by Crippen LogP contribution is 2.33. The summed E-state index contributed by atoms with van der Waals surface area (Å²) in [5.41, 5.74) is 6.11. The predicted molar refractivity (Wildman–Crippen MR) is 168 cm³/mol. The summed E-state index contributed by atoms with van der Waals surface area (Å²) >= 11 is 6.41. The quantitative estimate of drug-likeness (QED) is 0.164. The molecule has 0 unspecified atom stereocenters. The van der Waals surface area contributed by atoms with E-state index >= 15 is 0 Å². The molecular formula is C31H33ClN4O6S. The first-order chi connectivity index (χ1) is 20.6. The summed E-state index contributed by atoms with van der Waals surface area (Å²) in [4.78, 5) is 13.0. The molecule has 1 aromatic heterocycles. The molecule has 1 N–H and O–H groups in total. The first-order valence-corrected chi connectivity index (χ1v) is 15.2. The van der Waals surface area contributed by atoms with Crippen molar-refractivity contribution in [1.82, 2.24) is 9.99 Å². The van der Waals surface area contributed by atoms with Crippen molar-refractivity contribution < 1.29 is 27.4 Å². The number of halogens is 1. The first kappa shape index (κ1) is 31.5. The van der Waals surface area contributed by atoms with Crippen molar-refractivity contribution in [3.8, 4) is 22.9 Å². The first-order valence-electron chi connectivity index (χ1n) is 13.3. The molecule has 0 fully saturated rings. The Labute approximate surface area is 256 Å². The van der Waals surface area contributed by atoms with Crippen LogP contribution in [0.1, 0.15) is 23.9 Å². The van der Waals surface area contributed by atoms with Gasteiger partial charge in [-0.3, -0.25) is 9.10 Å². The third-order valence-corrected chi connectivity index (χ3v) is 8.71. The molecular weight excluding hydrogens is 592 g/mol. The molecule has 0 aliphatic carbocycles. The number of nitrogens with zero attached hydrogens (tertiary/aromatic N) is 3. The van der Waals surface area contributed by atoms with Gasteiger partial charge in [0, 0.05) is 23.0 Å². The Bertz CT molecular complexity index is 1740. The summed E-state index contributed by atoms with van der Waals surface area (Å²) in [6, 6.07) is 20.1. The molecule has 1 amide bonds. The van der Waals surface area contributed by atoms with E-state index in [0.29, 0.717) is 23.1 Å². The zero-order chi connectivity index (χ0) is 31.1. The van der Waals surface area contributed by atoms with E-state index in [2.05, 4.69) is 10.5 Å². The van der Waals surface area contributed by atoms with Crippen LogP contribution in [0.5, 0.6) is 17.2 Å². The zero-order valence-electron chi connectivity index (χ0n) is 24.5. The molecule has 1 heterocycles. The minimum absolute atomic E-state index is 0.0812. The van der Waals surface area contributed by atoms with E-state index in [1.165, 1.54) is 38.6 Å². The Kier molecular flexibility index (Phi) is 9.99. The number of rotatable bonds is 12. The average Bonchev–Trinajstić information content (AvgIpc) is 3.28. The van der Waals surface area contributed by atoms with Crippen LogP contribution in [0.2, 0.25) is 5.02 Å². The lowest BCUT2D eigenvalue weighted by Gasteiger charge is -2.24. The van der Waals surface area contributed by atoms with Gasteiger partial charge in [0.15, 0.2) is 11.5 Å². The van der Waals surface area contributed by atoms with Crippen LogP contribution in [-0.2, 0) is 14.8 Å². The van der Waals surface area contributed by atoms with E-state index in [9.17, 15) is 13.2 Å². The van der Waals surface area contributed by atoms with Gasteiger partial charge >= 0.3 is 0 Å². The molecule has 0 bridgehead atoms. The summed E-state index contributed by atoms with van der Waals surface area (Å²) in [7, 11) is -1.36. The number of methoxy groups -OCH3 is 2. The highest BCUT2D eigenvalue weighted by atomic mass is 35.5. The number of para-hydroxylation sites is 1. The number of hydrogen-bond donors (Lipinski definition) is 1. The molecule has 0 aliphatic rings. The predicted octanol–water partition coefficient (Wildman–Crippen LogP) is 5.51. The molecule has 4 rings (SSSR count). The number of ether oxygens (including phenoxy) is 3. The van der Waals surface area contributed by atoms with Gasteiger partial charge in [-0.25, -0.2) is 13.8 Å². The molecule has 0 saturated carbocycles. The van der Waals surface area contributed by atoms with E-state index in [0.717, 1.165) is 26.9 Å². The van der Waals surface area contributed by atoms with Gasteiger partial charge in [0.1, 0.15) is 12.3 Å². The van der Waals surface area contributed by atoms with Crippen molar-refractivity contribution in [2.75, 3.05) is 31.7 Å². The van der Waals surface area contributed by atoms with Crippen molar-refractivity contribution >= 4 is 39.4 Å². The van der Waals surface area contributed by atoms with Gasteiger partial charge in [0.2, 0.25) is 0 Å². The third kappa shape index (κ3) is 6.95. The summed E-state index contributed by atoms with van der Waals surface area (Å²) in [5, 5.41) is 4.72. The molecule has 4 aromatic rings. The lowest BCUT2D eigenvalue weighted by molar-refractivity contribution is -0.119. The lowest BCUT2D eigenvalue weighted by atomic mass is 10.2. The van der Waals surface area contributed by atoms with Crippen molar-refractivity contribution in [3.63, 3.8) is 0 Å². The van der Waals surface area contributed by atoms with Crippen molar-refractivity contribution in [1.29, 1.82) is 0 Å². The molecule has 12 heteroatoms. The van der Waals surface area contributed by atoms with Crippen LogP contribution in [0.3, 0.4) is 0 Å². The van der Waals surface area contributed by atoms with Gasteiger partial charge in [-0.05, 0) is 75.4 Å². The van der Waals surface area contributed by atoms with Crippen LogP contribution in [0.15, 0.2) is 82.8 Å². The van der Waals surface area contributed by atoms with Crippen LogP contribution in [-0.4, -0.2) is 52.5 Å². The molecule has 0 spiro atoms. The molecule has 3 aromatic carbocycles. The molecule has 10 nitrogen and oxygen atoms in total. The Morgan fingerprint density at radius 2 is 1.70 bits per heavy atom. The van der Waals surface area contributed by atoms with E-state index < -0.39 is 22.5 Å². The minimum atomic E-state index is -4.22. The van der Waals surface area contributed by atoms with Gasteiger partial charge in [0.05, 0.1) is 48.3 Å². The Morgan fingerprint density at radius 1 is 1.00 bits per heavy atom. The van der Waals surface area contributed by atoms with E-state index in [1.54, 1.807) is 24.3 Å². The number of benzene rings is 3. The van der Waals surface area contributed by atoms with Crippen LogP contribution in [0, 0.1) is 13.8 Å². The van der Waals surface area contributed by atoms with Crippen LogP contribution < -0.4 is 23.9 Å². The number of nitrogens with one attached hydrogen (secondary N) is 1. The number of aromatic nitrogens is 1. The molecule has 226 valence electrons. The fraction of sp³-hybridized carbons (Fsp3) is 0.226. The van der Waals surface area contributed by atoms with Crippen LogP contribution in [0.25, 0.3) is 5.69 Å². The van der Waals surface area contributed by atoms with E-state index in [4.69, 9.17) is 25.8 Å². The van der Waals surface area contributed by atoms with Crippen LogP contribution >= 0.6 is 11.6 Å². The van der Waals surface area contributed by atoms with E-state index in [1.807, 2.05) is 55.7 Å². The average molecular weight is 625 g/mol. The molecule has 0 saturated heterocycles. The monoisotopic (exact) mass is 624 g/mol. The number of hydrazone groups is 1. The SMILES string of the molecule is CCOc1ccc(N(CC(=O)N/N=C\c2cc(C)n(-c3ccccc3Cl)c2C)S(=O)(=O)c2ccc(OC)c(OC)c2)cc1. The fourth-order valence-electron chi connectivity index (χ4n) is 4.56. The minimum Gasteiger partial charge on any atom is -0.494 e. The number of hydrogen-bond acceptors (Lipinski definition) is 7. The number of carbonyl (C=O) groups excluding carboxylic acids is 1. The highest BCUT2D eigenvalue weighted by molar-refractivity contribution is 7.92.